The number of fused-ring (bicyclic) bond motifs is 1. The van der Waals surface area contributed by atoms with Crippen LogP contribution < -0.4 is 10.6 Å². The van der Waals surface area contributed by atoms with Crippen molar-refractivity contribution in [1.29, 1.82) is 0 Å². The Labute approximate surface area is 174 Å². The number of benzene rings is 1. The van der Waals surface area contributed by atoms with Crippen molar-refractivity contribution in [3.8, 4) is 0 Å². The molecule has 6 nitrogen and oxygen atoms in total. The maximum absolute atomic E-state index is 12.2. The molecule has 3 heterocycles. The summed E-state index contributed by atoms with van der Waals surface area (Å²) in [6, 6.07) is 7.92. The van der Waals surface area contributed by atoms with Crippen molar-refractivity contribution in [2.45, 2.75) is 43.0 Å². The highest BCUT2D eigenvalue weighted by Gasteiger charge is 2.43. The molecule has 0 bridgehead atoms. The van der Waals surface area contributed by atoms with Gasteiger partial charge in [-0.25, -0.2) is 0 Å². The fraction of sp³-hybridized carbons (Fsp3) is 0.500. The van der Waals surface area contributed by atoms with Gasteiger partial charge in [-0.15, -0.1) is 0 Å². The number of carbonyl (C=O) groups is 2. The summed E-state index contributed by atoms with van der Waals surface area (Å²) in [4.78, 5) is 28.2. The number of amides is 2. The van der Waals surface area contributed by atoms with Gasteiger partial charge in [0, 0.05) is 35.7 Å². The van der Waals surface area contributed by atoms with Crippen molar-refractivity contribution in [1.82, 2.24) is 15.6 Å². The Morgan fingerprint density at radius 1 is 1.31 bits per heavy atom. The second-order valence-corrected chi connectivity index (χ2v) is 9.32. The number of thioether (sulfide) groups is 1. The summed E-state index contributed by atoms with van der Waals surface area (Å²) >= 11 is 1.77. The van der Waals surface area contributed by atoms with Gasteiger partial charge in [-0.05, 0) is 55.0 Å². The van der Waals surface area contributed by atoms with Crippen LogP contribution in [0.5, 0.6) is 0 Å². The highest BCUT2D eigenvalue weighted by molar-refractivity contribution is 7.99. The lowest BCUT2D eigenvalue weighted by Gasteiger charge is -2.43. The first kappa shape index (κ1) is 20.3. The van der Waals surface area contributed by atoms with E-state index >= 15 is 0 Å². The molecule has 0 spiro atoms. The normalized spacial score (nSPS) is 28.9. The molecule has 2 aliphatic rings. The van der Waals surface area contributed by atoms with Gasteiger partial charge in [-0.2, -0.15) is 11.8 Å². The van der Waals surface area contributed by atoms with Crippen LogP contribution in [0.2, 0.25) is 0 Å². The molecule has 0 aliphatic carbocycles. The third-order valence-electron chi connectivity index (χ3n) is 6.44. The number of rotatable bonds is 4. The van der Waals surface area contributed by atoms with E-state index in [1.807, 2.05) is 24.3 Å². The standard InChI is InChI=1S/C22H27N3O3S/c1-13(29-2)18-12-23-8-7-22(18,28)16-3-5-19-14(10-16)9-15(11-24-19)17-4-6-20(26)25-21(17)27/h3,5,9-11,13,17-18,23,28H,4,6-8,12H2,1-2H3,(H,25,26,27). The van der Waals surface area contributed by atoms with Crippen molar-refractivity contribution in [3.63, 3.8) is 0 Å². The Kier molecular flexibility index (Phi) is 5.64. The molecule has 4 unspecified atom stereocenters. The Hall–Kier alpha value is -1.96. The van der Waals surface area contributed by atoms with E-state index in [2.05, 4.69) is 28.8 Å². The fourth-order valence-corrected chi connectivity index (χ4v) is 5.24. The van der Waals surface area contributed by atoms with E-state index < -0.39 is 5.60 Å². The van der Waals surface area contributed by atoms with Crippen molar-refractivity contribution in [2.24, 2.45) is 5.92 Å². The third kappa shape index (κ3) is 3.79. The molecule has 4 atom stereocenters. The van der Waals surface area contributed by atoms with Gasteiger partial charge in [0.05, 0.1) is 17.0 Å². The summed E-state index contributed by atoms with van der Waals surface area (Å²) < 4.78 is 0. The molecule has 0 radical (unpaired) electrons. The van der Waals surface area contributed by atoms with Gasteiger partial charge in [0.25, 0.3) is 0 Å². The first-order valence-corrected chi connectivity index (χ1v) is 11.4. The van der Waals surface area contributed by atoms with Crippen LogP contribution in [0.4, 0.5) is 0 Å². The topological polar surface area (TPSA) is 91.3 Å². The Bertz CT molecular complexity index is 950. The molecule has 29 heavy (non-hydrogen) atoms. The monoisotopic (exact) mass is 413 g/mol. The Morgan fingerprint density at radius 2 is 2.14 bits per heavy atom. The summed E-state index contributed by atoms with van der Waals surface area (Å²) in [7, 11) is 0. The Morgan fingerprint density at radius 3 is 2.90 bits per heavy atom. The summed E-state index contributed by atoms with van der Waals surface area (Å²) in [6.45, 7) is 3.72. The molecule has 4 rings (SSSR count). The second-order valence-electron chi connectivity index (χ2n) is 8.11. The highest BCUT2D eigenvalue weighted by Crippen LogP contribution is 2.41. The molecule has 2 saturated heterocycles. The number of nitrogens with zero attached hydrogens (tertiary/aromatic N) is 1. The largest absolute Gasteiger partial charge is 0.385 e. The smallest absolute Gasteiger partial charge is 0.234 e. The zero-order chi connectivity index (χ0) is 20.6. The van der Waals surface area contributed by atoms with Crippen LogP contribution in [0.1, 0.15) is 43.2 Å². The number of piperidine rings is 2. The number of nitrogens with one attached hydrogen (secondary N) is 2. The molecule has 0 saturated carbocycles. The fourth-order valence-electron chi connectivity index (χ4n) is 4.59. The summed E-state index contributed by atoms with van der Waals surface area (Å²) in [5.74, 6) is -0.733. The molecular formula is C22H27N3O3S. The molecule has 2 aromatic rings. The summed E-state index contributed by atoms with van der Waals surface area (Å²) in [5, 5.41) is 18.7. The van der Waals surface area contributed by atoms with Crippen molar-refractivity contribution < 1.29 is 14.7 Å². The molecule has 154 valence electrons. The van der Waals surface area contributed by atoms with Crippen LogP contribution in [-0.4, -0.2) is 46.5 Å². The molecule has 7 heteroatoms. The highest BCUT2D eigenvalue weighted by atomic mass is 32.2. The summed E-state index contributed by atoms with van der Waals surface area (Å²) in [5.41, 5.74) is 1.65. The second kappa shape index (κ2) is 8.05. The van der Waals surface area contributed by atoms with Crippen molar-refractivity contribution in [3.05, 3.63) is 41.6 Å². The molecule has 2 amide bonds. The number of hydrogen-bond donors (Lipinski definition) is 3. The number of pyridine rings is 1. The van der Waals surface area contributed by atoms with Gasteiger partial charge in [0.15, 0.2) is 0 Å². The zero-order valence-electron chi connectivity index (χ0n) is 16.8. The number of aliphatic hydroxyl groups is 1. The lowest BCUT2D eigenvalue weighted by atomic mass is 9.75. The quantitative estimate of drug-likeness (QED) is 0.667. The number of carbonyl (C=O) groups excluding carboxylic acids is 2. The van der Waals surface area contributed by atoms with E-state index in [1.54, 1.807) is 18.0 Å². The minimum absolute atomic E-state index is 0.106. The minimum Gasteiger partial charge on any atom is -0.385 e. The maximum atomic E-state index is 12.2. The number of imide groups is 1. The van der Waals surface area contributed by atoms with Crippen molar-refractivity contribution >= 4 is 34.5 Å². The average Bonchev–Trinajstić information content (AvgIpc) is 2.72. The maximum Gasteiger partial charge on any atom is 0.234 e. The van der Waals surface area contributed by atoms with Gasteiger partial charge in [0.2, 0.25) is 11.8 Å². The van der Waals surface area contributed by atoms with E-state index in [-0.39, 0.29) is 23.7 Å². The lowest BCUT2D eigenvalue weighted by Crippen LogP contribution is -2.51. The molecule has 1 aromatic carbocycles. The van der Waals surface area contributed by atoms with Gasteiger partial charge in [-0.3, -0.25) is 19.9 Å². The predicted molar refractivity (Wildman–Crippen MR) is 115 cm³/mol. The zero-order valence-corrected chi connectivity index (χ0v) is 17.6. The van der Waals surface area contributed by atoms with Crippen LogP contribution in [-0.2, 0) is 15.2 Å². The van der Waals surface area contributed by atoms with Crippen LogP contribution in [0.25, 0.3) is 10.9 Å². The summed E-state index contributed by atoms with van der Waals surface area (Å²) in [6.07, 6.45) is 5.31. The van der Waals surface area contributed by atoms with E-state index in [4.69, 9.17) is 0 Å². The van der Waals surface area contributed by atoms with Crippen molar-refractivity contribution in [2.75, 3.05) is 19.3 Å². The average molecular weight is 414 g/mol. The first-order valence-electron chi connectivity index (χ1n) is 10.1. The Balaban J connectivity index is 1.71. The number of hydrogen-bond acceptors (Lipinski definition) is 6. The molecule has 2 aliphatic heterocycles. The van der Waals surface area contributed by atoms with Crippen LogP contribution in [0, 0.1) is 5.92 Å². The van der Waals surface area contributed by atoms with Gasteiger partial charge >= 0.3 is 0 Å². The first-order chi connectivity index (χ1) is 13.9. The van der Waals surface area contributed by atoms with Gasteiger partial charge in [0.1, 0.15) is 0 Å². The molecule has 1 aromatic heterocycles. The lowest BCUT2D eigenvalue weighted by molar-refractivity contribution is -0.134. The van der Waals surface area contributed by atoms with E-state index in [1.165, 1.54) is 0 Å². The van der Waals surface area contributed by atoms with E-state index in [0.717, 1.165) is 35.1 Å². The molecule has 3 N–H and O–H groups in total. The number of aromatic nitrogens is 1. The third-order valence-corrected chi connectivity index (χ3v) is 7.51. The SMILES string of the molecule is CSC(C)C1CNCCC1(O)c1ccc2ncc(C3CCC(=O)NC3=O)cc2c1. The van der Waals surface area contributed by atoms with E-state index in [0.29, 0.717) is 24.5 Å². The molecule has 2 fully saturated rings. The van der Waals surface area contributed by atoms with Gasteiger partial charge in [-0.1, -0.05) is 13.0 Å². The minimum atomic E-state index is -0.896. The van der Waals surface area contributed by atoms with E-state index in [9.17, 15) is 14.7 Å². The van der Waals surface area contributed by atoms with Crippen LogP contribution in [0.15, 0.2) is 30.5 Å². The molecular weight excluding hydrogens is 386 g/mol. The van der Waals surface area contributed by atoms with Crippen LogP contribution >= 0.6 is 11.8 Å². The predicted octanol–water partition coefficient (Wildman–Crippen LogP) is 2.30. The van der Waals surface area contributed by atoms with Crippen LogP contribution in [0.3, 0.4) is 0 Å². The van der Waals surface area contributed by atoms with Gasteiger partial charge < -0.3 is 10.4 Å².